The number of hydrogen-bond acceptors (Lipinski definition) is 4. The van der Waals surface area contributed by atoms with Crippen LogP contribution in [-0.2, 0) is 0 Å². The first-order valence-electron chi connectivity index (χ1n) is 6.20. The van der Waals surface area contributed by atoms with Crippen LogP contribution < -0.4 is 14.8 Å². The Hall–Kier alpha value is -2.08. The molecule has 2 rings (SSSR count). The Morgan fingerprint density at radius 3 is 2.43 bits per heavy atom. The fourth-order valence-corrected chi connectivity index (χ4v) is 2.05. The van der Waals surface area contributed by atoms with Crippen LogP contribution in [0.4, 0.5) is 5.69 Å². The predicted molar refractivity (Wildman–Crippen MR) is 84.2 cm³/mol. The second-order valence-corrected chi connectivity index (χ2v) is 5.16. The molecule has 0 aliphatic rings. The molecule has 1 N–H and O–H groups in total. The first-order valence-corrected chi connectivity index (χ1v) is 7.00. The molecule has 0 saturated heterocycles. The summed E-state index contributed by atoms with van der Waals surface area (Å²) in [6, 6.07) is 6.96. The van der Waals surface area contributed by atoms with Crippen molar-refractivity contribution in [1.82, 2.24) is 4.98 Å². The van der Waals surface area contributed by atoms with Crippen molar-refractivity contribution < 1.29 is 14.3 Å². The van der Waals surface area contributed by atoms with E-state index in [1.54, 1.807) is 32.4 Å². The maximum absolute atomic E-state index is 12.2. The molecule has 0 bridgehead atoms. The zero-order valence-electron chi connectivity index (χ0n) is 11.9. The zero-order chi connectivity index (χ0) is 15.4. The van der Waals surface area contributed by atoms with Gasteiger partial charge in [0, 0.05) is 18.0 Å². The summed E-state index contributed by atoms with van der Waals surface area (Å²) in [5, 5.41) is 2.84. The van der Waals surface area contributed by atoms with Crippen molar-refractivity contribution in [2.45, 2.75) is 6.92 Å². The number of nitrogens with zero attached hydrogens (tertiary/aromatic N) is 1. The number of aryl methyl sites for hydroxylation is 1. The van der Waals surface area contributed by atoms with Crippen LogP contribution in [0.3, 0.4) is 0 Å². The highest BCUT2D eigenvalue weighted by Crippen LogP contribution is 2.33. The van der Waals surface area contributed by atoms with Gasteiger partial charge in [-0.2, -0.15) is 0 Å². The minimum atomic E-state index is -0.231. The van der Waals surface area contributed by atoms with E-state index in [0.29, 0.717) is 27.4 Å². The van der Waals surface area contributed by atoms with E-state index in [0.717, 1.165) is 5.56 Å². The Labute approximate surface area is 131 Å². The van der Waals surface area contributed by atoms with Crippen LogP contribution in [0.25, 0.3) is 0 Å². The van der Waals surface area contributed by atoms with E-state index in [4.69, 9.17) is 9.47 Å². The number of rotatable bonds is 4. The molecule has 0 radical (unpaired) electrons. The summed E-state index contributed by atoms with van der Waals surface area (Å²) in [7, 11) is 3.13. The molecule has 110 valence electrons. The van der Waals surface area contributed by atoms with Gasteiger partial charge in [-0.15, -0.1) is 0 Å². The Bertz CT molecular complexity index is 657. The monoisotopic (exact) mass is 350 g/mol. The molecule has 5 nitrogen and oxygen atoms in total. The number of ether oxygens (including phenoxy) is 2. The van der Waals surface area contributed by atoms with Gasteiger partial charge in [0.05, 0.1) is 19.8 Å². The quantitative estimate of drug-likeness (QED) is 0.858. The van der Waals surface area contributed by atoms with Crippen LogP contribution in [0.1, 0.15) is 15.9 Å². The predicted octanol–water partition coefficient (Wildman–Crippen LogP) is 3.42. The number of nitrogens with one attached hydrogen (secondary N) is 1. The Kier molecular flexibility index (Phi) is 4.80. The number of anilines is 1. The SMILES string of the molecule is COc1cc(C)c(NC(=O)c2ccc(Br)nc2)cc1OC. The molecule has 1 heterocycles. The Morgan fingerprint density at radius 2 is 1.86 bits per heavy atom. The first-order chi connectivity index (χ1) is 10.0. The summed E-state index contributed by atoms with van der Waals surface area (Å²) in [6.07, 6.45) is 1.51. The Morgan fingerprint density at radius 1 is 1.19 bits per heavy atom. The molecule has 2 aromatic rings. The maximum atomic E-state index is 12.2. The van der Waals surface area contributed by atoms with Crippen LogP contribution in [0.15, 0.2) is 35.1 Å². The number of halogens is 1. The van der Waals surface area contributed by atoms with Gasteiger partial charge in [0.25, 0.3) is 5.91 Å². The molecule has 0 aliphatic carbocycles. The van der Waals surface area contributed by atoms with E-state index in [1.807, 2.05) is 13.0 Å². The number of pyridine rings is 1. The summed E-state index contributed by atoms with van der Waals surface area (Å²) in [6.45, 7) is 1.89. The number of hydrogen-bond donors (Lipinski definition) is 1. The van der Waals surface area contributed by atoms with E-state index in [1.165, 1.54) is 6.20 Å². The van der Waals surface area contributed by atoms with Gasteiger partial charge in [0.2, 0.25) is 0 Å². The topological polar surface area (TPSA) is 60.5 Å². The zero-order valence-corrected chi connectivity index (χ0v) is 13.5. The smallest absolute Gasteiger partial charge is 0.257 e. The molecule has 0 fully saturated rings. The van der Waals surface area contributed by atoms with Gasteiger partial charge >= 0.3 is 0 Å². The van der Waals surface area contributed by atoms with Crippen molar-refractivity contribution in [3.05, 3.63) is 46.2 Å². The van der Waals surface area contributed by atoms with Crippen molar-refractivity contribution in [1.29, 1.82) is 0 Å². The second-order valence-electron chi connectivity index (χ2n) is 4.35. The van der Waals surface area contributed by atoms with Crippen molar-refractivity contribution >= 4 is 27.5 Å². The number of aromatic nitrogens is 1. The van der Waals surface area contributed by atoms with Crippen molar-refractivity contribution in [2.24, 2.45) is 0 Å². The summed E-state index contributed by atoms with van der Waals surface area (Å²) < 4.78 is 11.1. The van der Waals surface area contributed by atoms with Gasteiger partial charge < -0.3 is 14.8 Å². The lowest BCUT2D eigenvalue weighted by atomic mass is 10.1. The lowest BCUT2D eigenvalue weighted by Gasteiger charge is -2.13. The molecule has 1 amide bonds. The first kappa shape index (κ1) is 15.3. The molecule has 1 aromatic heterocycles. The van der Waals surface area contributed by atoms with E-state index in [9.17, 15) is 4.79 Å². The number of carbonyl (C=O) groups excluding carboxylic acids is 1. The molecule has 0 unspecified atom stereocenters. The van der Waals surface area contributed by atoms with Crippen LogP contribution in [0.2, 0.25) is 0 Å². The average molecular weight is 351 g/mol. The van der Waals surface area contributed by atoms with E-state index in [2.05, 4.69) is 26.2 Å². The summed E-state index contributed by atoms with van der Waals surface area (Å²) in [5.41, 5.74) is 2.03. The normalized spacial score (nSPS) is 10.1. The standard InChI is InChI=1S/C15H15BrN2O3/c1-9-6-12(20-2)13(21-3)7-11(9)18-15(19)10-4-5-14(16)17-8-10/h4-8H,1-3H3,(H,18,19). The van der Waals surface area contributed by atoms with Crippen molar-refractivity contribution in [2.75, 3.05) is 19.5 Å². The van der Waals surface area contributed by atoms with Crippen molar-refractivity contribution in [3.8, 4) is 11.5 Å². The van der Waals surface area contributed by atoms with Gasteiger partial charge in [-0.25, -0.2) is 4.98 Å². The fraction of sp³-hybridized carbons (Fsp3) is 0.200. The third-order valence-corrected chi connectivity index (χ3v) is 3.44. The average Bonchev–Trinajstić information content (AvgIpc) is 2.49. The molecule has 6 heteroatoms. The molecule has 0 spiro atoms. The number of carbonyl (C=O) groups is 1. The maximum Gasteiger partial charge on any atom is 0.257 e. The molecule has 0 atom stereocenters. The Balaban J connectivity index is 2.26. The highest BCUT2D eigenvalue weighted by Gasteiger charge is 2.12. The lowest BCUT2D eigenvalue weighted by molar-refractivity contribution is 0.102. The van der Waals surface area contributed by atoms with Gasteiger partial charge in [-0.1, -0.05) is 0 Å². The number of amides is 1. The van der Waals surface area contributed by atoms with Crippen LogP contribution >= 0.6 is 15.9 Å². The molecule has 21 heavy (non-hydrogen) atoms. The van der Waals surface area contributed by atoms with E-state index < -0.39 is 0 Å². The molecular weight excluding hydrogens is 336 g/mol. The van der Waals surface area contributed by atoms with Crippen LogP contribution in [0.5, 0.6) is 11.5 Å². The number of benzene rings is 1. The third-order valence-electron chi connectivity index (χ3n) is 2.97. The lowest BCUT2D eigenvalue weighted by Crippen LogP contribution is -2.13. The third kappa shape index (κ3) is 3.52. The highest BCUT2D eigenvalue weighted by atomic mass is 79.9. The van der Waals surface area contributed by atoms with Gasteiger partial charge in [0.15, 0.2) is 11.5 Å². The second kappa shape index (κ2) is 6.58. The highest BCUT2D eigenvalue weighted by molar-refractivity contribution is 9.10. The summed E-state index contributed by atoms with van der Waals surface area (Å²) >= 11 is 3.23. The molecule has 1 aromatic carbocycles. The largest absolute Gasteiger partial charge is 0.493 e. The minimum Gasteiger partial charge on any atom is -0.493 e. The van der Waals surface area contributed by atoms with Crippen LogP contribution in [-0.4, -0.2) is 25.1 Å². The van der Waals surface area contributed by atoms with Gasteiger partial charge in [-0.05, 0) is 46.6 Å². The summed E-state index contributed by atoms with van der Waals surface area (Å²) in [4.78, 5) is 16.2. The van der Waals surface area contributed by atoms with Gasteiger partial charge in [-0.3, -0.25) is 4.79 Å². The van der Waals surface area contributed by atoms with Crippen molar-refractivity contribution in [3.63, 3.8) is 0 Å². The molecule has 0 saturated carbocycles. The van der Waals surface area contributed by atoms with E-state index >= 15 is 0 Å². The van der Waals surface area contributed by atoms with E-state index in [-0.39, 0.29) is 5.91 Å². The number of methoxy groups -OCH3 is 2. The minimum absolute atomic E-state index is 0.231. The molecule has 0 aliphatic heterocycles. The van der Waals surface area contributed by atoms with Crippen LogP contribution in [0, 0.1) is 6.92 Å². The molecular formula is C15H15BrN2O3. The fourth-order valence-electron chi connectivity index (χ4n) is 1.82. The summed E-state index contributed by atoms with van der Waals surface area (Å²) in [5.74, 6) is 0.955. The van der Waals surface area contributed by atoms with Gasteiger partial charge in [0.1, 0.15) is 4.60 Å².